The fraction of sp³-hybridized carbons (Fsp3) is 0.700. The van der Waals surface area contributed by atoms with Crippen LogP contribution in [0.5, 0.6) is 0 Å². The maximum atomic E-state index is 5.85. The molecule has 1 saturated carbocycles. The van der Waals surface area contributed by atoms with E-state index in [0.29, 0.717) is 12.1 Å². The molecule has 3 N–H and O–H groups in total. The number of rotatable bonds is 3. The number of nitrogens with one attached hydrogen (secondary N) is 1. The van der Waals surface area contributed by atoms with E-state index < -0.39 is 0 Å². The van der Waals surface area contributed by atoms with E-state index in [4.69, 9.17) is 5.73 Å². The molecule has 1 fully saturated rings. The van der Waals surface area contributed by atoms with Crippen molar-refractivity contribution in [1.82, 2.24) is 14.9 Å². The molecule has 1 aliphatic rings. The van der Waals surface area contributed by atoms with Gasteiger partial charge in [-0.1, -0.05) is 0 Å². The molecule has 0 amide bonds. The Balaban J connectivity index is 1.80. The smallest absolute Gasteiger partial charge is 0.0945 e. The van der Waals surface area contributed by atoms with Crippen LogP contribution in [0.25, 0.3) is 0 Å². The van der Waals surface area contributed by atoms with Crippen LogP contribution in [-0.2, 0) is 13.6 Å². The van der Waals surface area contributed by atoms with Gasteiger partial charge in [0, 0.05) is 31.9 Å². The first kappa shape index (κ1) is 9.68. The van der Waals surface area contributed by atoms with Gasteiger partial charge in [-0.05, 0) is 19.3 Å². The highest BCUT2D eigenvalue weighted by Gasteiger charge is 2.20. The number of hydrogen-bond acceptors (Lipinski definition) is 3. The molecule has 0 bridgehead atoms. The summed E-state index contributed by atoms with van der Waals surface area (Å²) < 4.78 is 2.04. The van der Waals surface area contributed by atoms with Crippen LogP contribution >= 0.6 is 0 Å². The highest BCUT2D eigenvalue weighted by atomic mass is 15.1. The Labute approximate surface area is 84.5 Å². The van der Waals surface area contributed by atoms with Gasteiger partial charge in [0.25, 0.3) is 0 Å². The lowest BCUT2D eigenvalue weighted by Crippen LogP contribution is -2.28. The minimum atomic E-state index is 0.402. The third-order valence-electron chi connectivity index (χ3n) is 2.96. The Hall–Kier alpha value is -0.870. The molecule has 14 heavy (non-hydrogen) atoms. The van der Waals surface area contributed by atoms with Crippen molar-refractivity contribution in [2.45, 2.75) is 37.9 Å². The summed E-state index contributed by atoms with van der Waals surface area (Å²) in [5, 5.41) is 3.51. The summed E-state index contributed by atoms with van der Waals surface area (Å²) >= 11 is 0. The topological polar surface area (TPSA) is 55.9 Å². The van der Waals surface area contributed by atoms with Crippen LogP contribution in [-0.4, -0.2) is 21.6 Å². The zero-order chi connectivity index (χ0) is 9.97. The quantitative estimate of drug-likeness (QED) is 0.732. The Morgan fingerprint density at radius 1 is 1.64 bits per heavy atom. The molecule has 1 aromatic rings. The van der Waals surface area contributed by atoms with Crippen LogP contribution < -0.4 is 11.1 Å². The van der Waals surface area contributed by atoms with Crippen molar-refractivity contribution in [2.75, 3.05) is 0 Å². The van der Waals surface area contributed by atoms with Crippen molar-refractivity contribution < 1.29 is 0 Å². The largest absolute Gasteiger partial charge is 0.337 e. The third kappa shape index (κ3) is 2.13. The normalized spacial score (nSPS) is 27.0. The minimum Gasteiger partial charge on any atom is -0.337 e. The van der Waals surface area contributed by atoms with Gasteiger partial charge in [-0.3, -0.25) is 0 Å². The monoisotopic (exact) mass is 194 g/mol. The van der Waals surface area contributed by atoms with E-state index >= 15 is 0 Å². The number of nitrogens with two attached hydrogens (primary N) is 1. The number of nitrogens with zero attached hydrogens (tertiary/aromatic N) is 2. The van der Waals surface area contributed by atoms with Crippen molar-refractivity contribution in [3.8, 4) is 0 Å². The molecule has 2 atom stereocenters. The molecule has 0 aromatic carbocycles. The molecular weight excluding hydrogens is 176 g/mol. The van der Waals surface area contributed by atoms with E-state index in [9.17, 15) is 0 Å². The Kier molecular flexibility index (Phi) is 2.84. The van der Waals surface area contributed by atoms with Gasteiger partial charge in [-0.15, -0.1) is 0 Å². The molecule has 4 heteroatoms. The SMILES string of the molecule is Cn1cncc1CNC1CCC(N)C1. The summed E-state index contributed by atoms with van der Waals surface area (Å²) in [4.78, 5) is 4.08. The van der Waals surface area contributed by atoms with Gasteiger partial charge < -0.3 is 15.6 Å². The van der Waals surface area contributed by atoms with E-state index in [2.05, 4.69) is 10.3 Å². The first-order valence-electron chi connectivity index (χ1n) is 5.20. The molecule has 1 aromatic heterocycles. The van der Waals surface area contributed by atoms with Gasteiger partial charge in [0.2, 0.25) is 0 Å². The minimum absolute atomic E-state index is 0.402. The van der Waals surface area contributed by atoms with E-state index in [1.807, 2.05) is 24.1 Å². The molecule has 2 unspecified atom stereocenters. The standard InChI is InChI=1S/C10H18N4/c1-14-7-12-5-10(14)6-13-9-3-2-8(11)4-9/h5,7-9,13H,2-4,6,11H2,1H3. The predicted octanol–water partition coefficient (Wildman–Crippen LogP) is 0.389. The number of aromatic nitrogens is 2. The molecular formula is C10H18N4. The first-order chi connectivity index (χ1) is 6.75. The van der Waals surface area contributed by atoms with Crippen molar-refractivity contribution in [3.05, 3.63) is 18.2 Å². The molecule has 78 valence electrons. The molecule has 0 saturated heterocycles. The molecule has 0 radical (unpaired) electrons. The Morgan fingerprint density at radius 3 is 3.07 bits per heavy atom. The van der Waals surface area contributed by atoms with Gasteiger partial charge in [0.1, 0.15) is 0 Å². The summed E-state index contributed by atoms with van der Waals surface area (Å²) in [5.74, 6) is 0. The number of imidazole rings is 1. The van der Waals surface area contributed by atoms with E-state index in [0.717, 1.165) is 19.4 Å². The van der Waals surface area contributed by atoms with Gasteiger partial charge in [-0.2, -0.15) is 0 Å². The van der Waals surface area contributed by atoms with Gasteiger partial charge in [-0.25, -0.2) is 4.98 Å². The third-order valence-corrected chi connectivity index (χ3v) is 2.96. The van der Waals surface area contributed by atoms with Crippen LogP contribution in [0.4, 0.5) is 0 Å². The summed E-state index contributed by atoms with van der Waals surface area (Å²) in [7, 11) is 2.02. The molecule has 1 heterocycles. The van der Waals surface area contributed by atoms with Crippen molar-refractivity contribution in [1.29, 1.82) is 0 Å². The second kappa shape index (κ2) is 4.11. The summed E-state index contributed by atoms with van der Waals surface area (Å²) in [6.07, 6.45) is 7.21. The number of aryl methyl sites for hydroxylation is 1. The zero-order valence-corrected chi connectivity index (χ0v) is 8.61. The molecule has 0 spiro atoms. The predicted molar refractivity (Wildman–Crippen MR) is 55.7 cm³/mol. The Bertz CT molecular complexity index is 294. The van der Waals surface area contributed by atoms with Gasteiger partial charge in [0.15, 0.2) is 0 Å². The lowest BCUT2D eigenvalue weighted by atomic mass is 10.2. The molecule has 4 nitrogen and oxygen atoms in total. The zero-order valence-electron chi connectivity index (χ0n) is 8.61. The van der Waals surface area contributed by atoms with Crippen LogP contribution in [0.3, 0.4) is 0 Å². The van der Waals surface area contributed by atoms with Crippen molar-refractivity contribution in [3.63, 3.8) is 0 Å². The number of hydrogen-bond donors (Lipinski definition) is 2. The summed E-state index contributed by atoms with van der Waals surface area (Å²) in [5.41, 5.74) is 7.07. The maximum Gasteiger partial charge on any atom is 0.0945 e. The highest BCUT2D eigenvalue weighted by Crippen LogP contribution is 2.17. The van der Waals surface area contributed by atoms with Crippen LogP contribution in [0.1, 0.15) is 25.0 Å². The summed E-state index contributed by atoms with van der Waals surface area (Å²) in [6, 6.07) is 0.999. The van der Waals surface area contributed by atoms with Gasteiger partial charge in [0.05, 0.1) is 12.0 Å². The first-order valence-corrected chi connectivity index (χ1v) is 5.20. The lowest BCUT2D eigenvalue weighted by molar-refractivity contribution is 0.506. The van der Waals surface area contributed by atoms with E-state index in [1.54, 1.807) is 0 Å². The van der Waals surface area contributed by atoms with Crippen LogP contribution in [0, 0.1) is 0 Å². The summed E-state index contributed by atoms with van der Waals surface area (Å²) in [6.45, 7) is 0.897. The average molecular weight is 194 g/mol. The average Bonchev–Trinajstić information content (AvgIpc) is 2.72. The van der Waals surface area contributed by atoms with Crippen LogP contribution in [0.15, 0.2) is 12.5 Å². The fourth-order valence-electron chi connectivity index (χ4n) is 2.01. The van der Waals surface area contributed by atoms with Crippen molar-refractivity contribution >= 4 is 0 Å². The fourth-order valence-corrected chi connectivity index (χ4v) is 2.01. The highest BCUT2D eigenvalue weighted by molar-refractivity contribution is 4.97. The van der Waals surface area contributed by atoms with Crippen LogP contribution in [0.2, 0.25) is 0 Å². The van der Waals surface area contributed by atoms with E-state index in [-0.39, 0.29) is 0 Å². The maximum absolute atomic E-state index is 5.85. The second-order valence-corrected chi connectivity index (χ2v) is 4.15. The molecule has 0 aliphatic heterocycles. The van der Waals surface area contributed by atoms with Gasteiger partial charge >= 0.3 is 0 Å². The lowest BCUT2D eigenvalue weighted by Gasteiger charge is -2.12. The second-order valence-electron chi connectivity index (χ2n) is 4.15. The molecule has 2 rings (SSSR count). The Morgan fingerprint density at radius 2 is 2.50 bits per heavy atom. The van der Waals surface area contributed by atoms with Crippen molar-refractivity contribution in [2.24, 2.45) is 12.8 Å². The molecule has 1 aliphatic carbocycles. The van der Waals surface area contributed by atoms with E-state index in [1.165, 1.54) is 12.1 Å².